The highest BCUT2D eigenvalue weighted by Gasteiger charge is 2.18. The first-order chi connectivity index (χ1) is 11.9. The largest absolute Gasteiger partial charge is 0.461 e. The van der Waals surface area contributed by atoms with Crippen LogP contribution in [0, 0.1) is 0 Å². The topological polar surface area (TPSA) is 31.0 Å². The normalized spacial score (nSPS) is 11.7. The van der Waals surface area contributed by atoms with Gasteiger partial charge in [0, 0.05) is 17.3 Å². The molecular formula is C21H16N2O. The third-order valence-corrected chi connectivity index (χ3v) is 4.68. The highest BCUT2D eigenvalue weighted by atomic mass is 16.3. The van der Waals surface area contributed by atoms with Gasteiger partial charge >= 0.3 is 0 Å². The van der Waals surface area contributed by atoms with E-state index in [1.807, 2.05) is 12.1 Å². The second-order valence-corrected chi connectivity index (χ2v) is 5.95. The van der Waals surface area contributed by atoms with Crippen molar-refractivity contribution in [3.05, 3.63) is 66.9 Å². The molecule has 24 heavy (non-hydrogen) atoms. The number of hydrogen-bond acceptors (Lipinski definition) is 2. The van der Waals surface area contributed by atoms with Crippen LogP contribution in [0.3, 0.4) is 0 Å². The predicted molar refractivity (Wildman–Crippen MR) is 98.1 cm³/mol. The van der Waals surface area contributed by atoms with Crippen molar-refractivity contribution in [1.29, 1.82) is 0 Å². The maximum atomic E-state index is 5.63. The SMILES string of the molecule is CCn1c(-c2ccco2)nc2c3ccccc3c3ccccc3c21. The molecule has 0 amide bonds. The monoisotopic (exact) mass is 312 g/mol. The number of imidazole rings is 1. The smallest absolute Gasteiger partial charge is 0.177 e. The minimum atomic E-state index is 0.807. The Morgan fingerprint density at radius 3 is 2.17 bits per heavy atom. The van der Waals surface area contributed by atoms with Gasteiger partial charge in [0.05, 0.1) is 17.3 Å². The first-order valence-corrected chi connectivity index (χ1v) is 8.22. The van der Waals surface area contributed by atoms with Gasteiger partial charge in [-0.05, 0) is 29.8 Å². The summed E-state index contributed by atoms with van der Waals surface area (Å²) >= 11 is 0. The third-order valence-electron chi connectivity index (χ3n) is 4.68. The first-order valence-electron chi connectivity index (χ1n) is 8.22. The van der Waals surface area contributed by atoms with Crippen LogP contribution in [-0.4, -0.2) is 9.55 Å². The molecule has 0 aliphatic carbocycles. The second-order valence-electron chi connectivity index (χ2n) is 5.95. The molecule has 0 saturated heterocycles. The Bertz CT molecular complexity index is 1180. The second kappa shape index (κ2) is 4.96. The summed E-state index contributed by atoms with van der Waals surface area (Å²) in [6, 6.07) is 20.9. The lowest BCUT2D eigenvalue weighted by molar-refractivity contribution is 0.571. The van der Waals surface area contributed by atoms with E-state index in [0.29, 0.717) is 0 Å². The number of aryl methyl sites for hydroxylation is 1. The molecule has 0 unspecified atom stereocenters. The van der Waals surface area contributed by atoms with E-state index in [2.05, 4.69) is 60.0 Å². The lowest BCUT2D eigenvalue weighted by atomic mass is 10.00. The third kappa shape index (κ3) is 1.69. The molecule has 0 aliphatic heterocycles. The van der Waals surface area contributed by atoms with E-state index in [0.717, 1.165) is 23.6 Å². The average molecular weight is 312 g/mol. The van der Waals surface area contributed by atoms with Gasteiger partial charge in [-0.2, -0.15) is 0 Å². The van der Waals surface area contributed by atoms with E-state index in [9.17, 15) is 0 Å². The van der Waals surface area contributed by atoms with Crippen molar-refractivity contribution in [2.24, 2.45) is 0 Å². The van der Waals surface area contributed by atoms with Crippen molar-refractivity contribution < 1.29 is 4.42 Å². The Hall–Kier alpha value is -3.07. The number of benzene rings is 3. The Morgan fingerprint density at radius 1 is 0.833 bits per heavy atom. The van der Waals surface area contributed by atoms with Gasteiger partial charge in [-0.3, -0.25) is 0 Å². The molecule has 5 aromatic rings. The summed E-state index contributed by atoms with van der Waals surface area (Å²) in [5, 5.41) is 4.93. The van der Waals surface area contributed by atoms with Gasteiger partial charge in [0.2, 0.25) is 0 Å². The molecule has 0 N–H and O–H groups in total. The standard InChI is InChI=1S/C21H16N2O/c1-2-23-20-17-11-6-4-9-15(17)14-8-3-5-10-16(14)19(20)22-21(23)18-12-7-13-24-18/h3-13H,2H2,1H3. The first kappa shape index (κ1) is 13.4. The summed E-state index contributed by atoms with van der Waals surface area (Å²) in [7, 11) is 0. The van der Waals surface area contributed by atoms with Crippen LogP contribution in [0.1, 0.15) is 6.92 Å². The van der Waals surface area contributed by atoms with Crippen molar-refractivity contribution in [2.75, 3.05) is 0 Å². The van der Waals surface area contributed by atoms with E-state index in [-0.39, 0.29) is 0 Å². The quantitative estimate of drug-likeness (QED) is 0.396. The Morgan fingerprint density at radius 2 is 1.50 bits per heavy atom. The van der Waals surface area contributed by atoms with Gasteiger partial charge in [0.25, 0.3) is 0 Å². The van der Waals surface area contributed by atoms with E-state index in [4.69, 9.17) is 9.40 Å². The molecule has 2 heterocycles. The molecule has 0 radical (unpaired) electrons. The maximum Gasteiger partial charge on any atom is 0.177 e. The van der Waals surface area contributed by atoms with Crippen LogP contribution in [0.2, 0.25) is 0 Å². The zero-order chi connectivity index (χ0) is 16.1. The van der Waals surface area contributed by atoms with Crippen LogP contribution < -0.4 is 0 Å². The van der Waals surface area contributed by atoms with E-state index >= 15 is 0 Å². The fourth-order valence-corrected chi connectivity index (χ4v) is 3.66. The highest BCUT2D eigenvalue weighted by molar-refractivity contribution is 6.23. The molecule has 3 heteroatoms. The Labute approximate surface area is 139 Å². The minimum absolute atomic E-state index is 0.807. The summed E-state index contributed by atoms with van der Waals surface area (Å²) < 4.78 is 7.89. The Kier molecular flexibility index (Phi) is 2.77. The molecule has 0 aliphatic rings. The molecule has 3 nitrogen and oxygen atoms in total. The predicted octanol–water partition coefficient (Wildman–Crippen LogP) is 5.62. The fraction of sp³-hybridized carbons (Fsp3) is 0.0952. The number of nitrogens with zero attached hydrogens (tertiary/aromatic N) is 2. The number of hydrogen-bond donors (Lipinski definition) is 0. The minimum Gasteiger partial charge on any atom is -0.461 e. The van der Waals surface area contributed by atoms with Crippen LogP contribution in [0.5, 0.6) is 0 Å². The molecule has 0 saturated carbocycles. The van der Waals surface area contributed by atoms with Crippen LogP contribution >= 0.6 is 0 Å². The Balaban J connectivity index is 2.08. The maximum absolute atomic E-state index is 5.63. The van der Waals surface area contributed by atoms with Crippen molar-refractivity contribution in [1.82, 2.24) is 9.55 Å². The molecule has 0 bridgehead atoms. The summed E-state index contributed by atoms with van der Waals surface area (Å²) in [5.74, 6) is 1.69. The molecular weight excluding hydrogens is 296 g/mol. The van der Waals surface area contributed by atoms with Gasteiger partial charge in [0.1, 0.15) is 0 Å². The number of furan rings is 1. The van der Waals surface area contributed by atoms with Crippen molar-refractivity contribution >= 4 is 32.6 Å². The van der Waals surface area contributed by atoms with Gasteiger partial charge in [-0.15, -0.1) is 0 Å². The molecule has 5 rings (SSSR count). The number of rotatable bonds is 2. The molecule has 116 valence electrons. The molecule has 0 spiro atoms. The van der Waals surface area contributed by atoms with Crippen LogP contribution in [0.25, 0.3) is 44.2 Å². The van der Waals surface area contributed by atoms with Gasteiger partial charge in [0.15, 0.2) is 11.6 Å². The van der Waals surface area contributed by atoms with E-state index in [1.54, 1.807) is 6.26 Å². The van der Waals surface area contributed by atoms with Crippen LogP contribution in [0.4, 0.5) is 0 Å². The summed E-state index contributed by atoms with van der Waals surface area (Å²) in [4.78, 5) is 4.97. The lowest BCUT2D eigenvalue weighted by Gasteiger charge is -2.09. The van der Waals surface area contributed by atoms with Crippen LogP contribution in [-0.2, 0) is 6.54 Å². The van der Waals surface area contributed by atoms with Crippen molar-refractivity contribution in [3.63, 3.8) is 0 Å². The molecule has 0 fully saturated rings. The van der Waals surface area contributed by atoms with E-state index < -0.39 is 0 Å². The summed E-state index contributed by atoms with van der Waals surface area (Å²) in [6.07, 6.45) is 1.70. The number of fused-ring (bicyclic) bond motifs is 6. The zero-order valence-corrected chi connectivity index (χ0v) is 13.4. The van der Waals surface area contributed by atoms with Gasteiger partial charge in [-0.25, -0.2) is 4.98 Å². The van der Waals surface area contributed by atoms with Crippen molar-refractivity contribution in [3.8, 4) is 11.6 Å². The lowest BCUT2D eigenvalue weighted by Crippen LogP contribution is -1.97. The van der Waals surface area contributed by atoms with Gasteiger partial charge < -0.3 is 8.98 Å². The van der Waals surface area contributed by atoms with Crippen molar-refractivity contribution in [2.45, 2.75) is 13.5 Å². The van der Waals surface area contributed by atoms with Gasteiger partial charge in [-0.1, -0.05) is 48.5 Å². The summed E-state index contributed by atoms with van der Waals surface area (Å²) in [6.45, 7) is 2.99. The van der Waals surface area contributed by atoms with Crippen LogP contribution in [0.15, 0.2) is 71.3 Å². The molecule has 3 aromatic carbocycles. The summed E-state index contributed by atoms with van der Waals surface area (Å²) in [5.41, 5.74) is 2.22. The number of aromatic nitrogens is 2. The average Bonchev–Trinajstić information content (AvgIpc) is 3.29. The fourth-order valence-electron chi connectivity index (χ4n) is 3.66. The molecule has 0 atom stereocenters. The zero-order valence-electron chi connectivity index (χ0n) is 13.4. The molecule has 2 aromatic heterocycles. The highest BCUT2D eigenvalue weighted by Crippen LogP contribution is 2.37. The van der Waals surface area contributed by atoms with E-state index in [1.165, 1.54) is 27.1 Å².